The molecule has 30 heavy (non-hydrogen) atoms. The normalized spacial score (nSPS) is 14.7. The first-order valence-corrected chi connectivity index (χ1v) is 9.85. The molecule has 0 aliphatic carbocycles. The smallest absolute Gasteiger partial charge is 0.274 e. The molecule has 1 amide bonds. The Morgan fingerprint density at radius 2 is 1.77 bits per heavy atom. The molecule has 4 rings (SSSR count). The van der Waals surface area contributed by atoms with Gasteiger partial charge in [-0.15, -0.1) is 0 Å². The minimum Gasteiger partial charge on any atom is -0.497 e. The standard InChI is InChI=1S/C22H25N5O3/c1-25-8-10-27(11-9-25)20-13-19-16(14-23-20)12-18(22(29)26(19)2)24-21(28)15-4-6-17(30-3)7-5-15/h4-7,12-14H,8-11H2,1-3H3,(H,24,28). The minimum absolute atomic E-state index is 0.222. The quantitative estimate of drug-likeness (QED) is 0.712. The van der Waals surface area contributed by atoms with Crippen LogP contribution in [0.4, 0.5) is 11.5 Å². The molecule has 1 aliphatic heterocycles. The predicted molar refractivity (Wildman–Crippen MR) is 118 cm³/mol. The largest absolute Gasteiger partial charge is 0.497 e. The zero-order valence-electron chi connectivity index (χ0n) is 17.4. The monoisotopic (exact) mass is 407 g/mol. The summed E-state index contributed by atoms with van der Waals surface area (Å²) in [4.78, 5) is 34.5. The van der Waals surface area contributed by atoms with E-state index in [2.05, 4.69) is 27.1 Å². The van der Waals surface area contributed by atoms with Crippen LogP contribution in [-0.2, 0) is 7.05 Å². The number of rotatable bonds is 4. The SMILES string of the molecule is COc1ccc(C(=O)Nc2cc3cnc(N4CCN(C)CC4)cc3n(C)c2=O)cc1. The molecule has 1 fully saturated rings. The van der Waals surface area contributed by atoms with E-state index >= 15 is 0 Å². The highest BCUT2D eigenvalue weighted by atomic mass is 16.5. The summed E-state index contributed by atoms with van der Waals surface area (Å²) >= 11 is 0. The number of ether oxygens (including phenoxy) is 1. The number of aryl methyl sites for hydroxylation is 1. The average Bonchev–Trinajstić information content (AvgIpc) is 2.77. The molecular formula is C22H25N5O3. The molecule has 156 valence electrons. The Bertz CT molecular complexity index is 1130. The van der Waals surface area contributed by atoms with E-state index in [4.69, 9.17) is 4.74 Å². The average molecular weight is 407 g/mol. The number of carbonyl (C=O) groups excluding carboxylic acids is 1. The molecule has 1 aromatic carbocycles. The first-order valence-electron chi connectivity index (χ1n) is 9.85. The molecule has 1 aliphatic rings. The van der Waals surface area contributed by atoms with Crippen LogP contribution in [0.1, 0.15) is 10.4 Å². The summed E-state index contributed by atoms with van der Waals surface area (Å²) < 4.78 is 6.67. The van der Waals surface area contributed by atoms with E-state index in [9.17, 15) is 9.59 Å². The topological polar surface area (TPSA) is 79.7 Å². The van der Waals surface area contributed by atoms with Crippen molar-refractivity contribution in [2.24, 2.45) is 7.05 Å². The number of amides is 1. The lowest BCUT2D eigenvalue weighted by molar-refractivity contribution is 0.102. The molecule has 0 atom stereocenters. The van der Waals surface area contributed by atoms with E-state index in [1.165, 1.54) is 0 Å². The van der Waals surface area contributed by atoms with Gasteiger partial charge in [0.25, 0.3) is 11.5 Å². The molecular weight excluding hydrogens is 382 g/mol. The maximum Gasteiger partial charge on any atom is 0.274 e. The summed E-state index contributed by atoms with van der Waals surface area (Å²) in [6.07, 6.45) is 1.76. The second kappa shape index (κ2) is 8.16. The highest BCUT2D eigenvalue weighted by Crippen LogP contribution is 2.21. The summed E-state index contributed by atoms with van der Waals surface area (Å²) in [7, 11) is 5.38. The molecule has 2 aromatic heterocycles. The van der Waals surface area contributed by atoms with Crippen LogP contribution >= 0.6 is 0 Å². The molecule has 0 saturated carbocycles. The molecule has 1 saturated heterocycles. The van der Waals surface area contributed by atoms with Crippen molar-refractivity contribution >= 4 is 28.3 Å². The van der Waals surface area contributed by atoms with Crippen LogP contribution in [0.5, 0.6) is 5.75 Å². The van der Waals surface area contributed by atoms with E-state index < -0.39 is 0 Å². The Hall–Kier alpha value is -3.39. The highest BCUT2D eigenvalue weighted by molar-refractivity contribution is 6.05. The molecule has 0 radical (unpaired) electrons. The summed E-state index contributed by atoms with van der Waals surface area (Å²) in [6.45, 7) is 3.77. The van der Waals surface area contributed by atoms with Gasteiger partial charge in [-0.05, 0) is 37.4 Å². The van der Waals surface area contributed by atoms with Crippen molar-refractivity contribution in [2.75, 3.05) is 50.6 Å². The first-order chi connectivity index (χ1) is 14.5. The number of fused-ring (bicyclic) bond motifs is 1. The van der Waals surface area contributed by atoms with Crippen molar-refractivity contribution in [3.63, 3.8) is 0 Å². The van der Waals surface area contributed by atoms with Gasteiger partial charge in [0.2, 0.25) is 0 Å². The van der Waals surface area contributed by atoms with Crippen LogP contribution in [-0.4, -0.2) is 60.7 Å². The molecule has 8 heteroatoms. The van der Waals surface area contributed by atoms with Crippen molar-refractivity contribution in [1.29, 1.82) is 0 Å². The molecule has 1 N–H and O–H groups in total. The number of hydrogen-bond donors (Lipinski definition) is 1. The van der Waals surface area contributed by atoms with Gasteiger partial charge >= 0.3 is 0 Å². The lowest BCUT2D eigenvalue weighted by Crippen LogP contribution is -2.44. The number of piperazine rings is 1. The van der Waals surface area contributed by atoms with Crippen LogP contribution in [0.25, 0.3) is 10.9 Å². The third kappa shape index (κ3) is 3.86. The number of benzene rings is 1. The van der Waals surface area contributed by atoms with Crippen molar-refractivity contribution in [3.05, 3.63) is 58.5 Å². The van der Waals surface area contributed by atoms with E-state index in [1.807, 2.05) is 6.07 Å². The summed E-state index contributed by atoms with van der Waals surface area (Å²) in [5.74, 6) is 1.17. The summed E-state index contributed by atoms with van der Waals surface area (Å²) in [5, 5.41) is 3.51. The second-order valence-electron chi connectivity index (χ2n) is 7.50. The van der Waals surface area contributed by atoms with E-state index in [0.29, 0.717) is 11.3 Å². The van der Waals surface area contributed by atoms with Crippen LogP contribution in [0.3, 0.4) is 0 Å². The van der Waals surface area contributed by atoms with Gasteiger partial charge in [0.1, 0.15) is 17.3 Å². The van der Waals surface area contributed by atoms with E-state index in [1.54, 1.807) is 55.3 Å². The van der Waals surface area contributed by atoms with Crippen molar-refractivity contribution < 1.29 is 9.53 Å². The van der Waals surface area contributed by atoms with Crippen LogP contribution < -0.4 is 20.5 Å². The predicted octanol–water partition coefficient (Wildman–Crippen LogP) is 1.95. The molecule has 0 spiro atoms. The van der Waals surface area contributed by atoms with Crippen molar-refractivity contribution in [1.82, 2.24) is 14.5 Å². The van der Waals surface area contributed by atoms with Crippen LogP contribution in [0.2, 0.25) is 0 Å². The van der Waals surface area contributed by atoms with E-state index in [0.717, 1.165) is 42.9 Å². The van der Waals surface area contributed by atoms with Gasteiger partial charge in [-0.25, -0.2) is 4.98 Å². The zero-order chi connectivity index (χ0) is 21.3. The second-order valence-corrected chi connectivity index (χ2v) is 7.50. The third-order valence-corrected chi connectivity index (χ3v) is 5.52. The summed E-state index contributed by atoms with van der Waals surface area (Å²) in [6, 6.07) is 10.3. The zero-order valence-corrected chi connectivity index (χ0v) is 17.4. The Kier molecular flexibility index (Phi) is 5.41. The van der Waals surface area contributed by atoms with Gasteiger partial charge in [0, 0.05) is 56.4 Å². The fourth-order valence-electron chi connectivity index (χ4n) is 3.59. The number of aromatic nitrogens is 2. The summed E-state index contributed by atoms with van der Waals surface area (Å²) in [5.41, 5.74) is 1.19. The number of methoxy groups -OCH3 is 1. The number of carbonyl (C=O) groups is 1. The highest BCUT2D eigenvalue weighted by Gasteiger charge is 2.17. The van der Waals surface area contributed by atoms with Gasteiger partial charge in [-0.1, -0.05) is 0 Å². The number of pyridine rings is 2. The minimum atomic E-state index is -0.351. The first kappa shape index (κ1) is 19.9. The van der Waals surface area contributed by atoms with Gasteiger partial charge < -0.3 is 24.4 Å². The molecule has 0 unspecified atom stereocenters. The number of nitrogens with one attached hydrogen (secondary N) is 1. The Morgan fingerprint density at radius 1 is 1.07 bits per heavy atom. The fraction of sp³-hybridized carbons (Fsp3) is 0.318. The van der Waals surface area contributed by atoms with Gasteiger partial charge in [-0.2, -0.15) is 0 Å². The Labute approximate surface area is 174 Å². The molecule has 8 nitrogen and oxygen atoms in total. The maximum atomic E-state index is 12.9. The Balaban J connectivity index is 1.62. The van der Waals surface area contributed by atoms with E-state index in [-0.39, 0.29) is 17.2 Å². The van der Waals surface area contributed by atoms with Gasteiger partial charge in [0.15, 0.2) is 0 Å². The number of hydrogen-bond acceptors (Lipinski definition) is 6. The van der Waals surface area contributed by atoms with Gasteiger partial charge in [-0.3, -0.25) is 9.59 Å². The lowest BCUT2D eigenvalue weighted by Gasteiger charge is -2.33. The maximum absolute atomic E-state index is 12.9. The molecule has 3 aromatic rings. The van der Waals surface area contributed by atoms with Crippen LogP contribution in [0, 0.1) is 0 Å². The van der Waals surface area contributed by atoms with Crippen molar-refractivity contribution in [2.45, 2.75) is 0 Å². The number of likely N-dealkylation sites (N-methyl/N-ethyl adjacent to an activating group) is 1. The van der Waals surface area contributed by atoms with Crippen LogP contribution in [0.15, 0.2) is 47.4 Å². The number of nitrogens with zero attached hydrogens (tertiary/aromatic N) is 4. The fourth-order valence-corrected chi connectivity index (χ4v) is 3.59. The van der Waals surface area contributed by atoms with Crippen molar-refractivity contribution in [3.8, 4) is 5.75 Å². The molecule has 0 bridgehead atoms. The van der Waals surface area contributed by atoms with Gasteiger partial charge in [0.05, 0.1) is 12.6 Å². The Morgan fingerprint density at radius 3 is 2.43 bits per heavy atom. The number of anilines is 2. The molecule has 3 heterocycles. The third-order valence-electron chi connectivity index (χ3n) is 5.52. The lowest BCUT2D eigenvalue weighted by atomic mass is 10.2.